The zero-order valence-electron chi connectivity index (χ0n) is 13.5. The quantitative estimate of drug-likeness (QED) is 0.739. The molecule has 0 aliphatic heterocycles. The van der Waals surface area contributed by atoms with E-state index in [9.17, 15) is 9.18 Å². The molecule has 4 heteroatoms. The number of aromatic nitrogens is 1. The molecule has 0 fully saturated rings. The van der Waals surface area contributed by atoms with Crippen LogP contribution >= 0.6 is 0 Å². The van der Waals surface area contributed by atoms with Crippen molar-refractivity contribution in [1.29, 1.82) is 0 Å². The molecule has 3 nitrogen and oxygen atoms in total. The average molecular weight is 310 g/mol. The van der Waals surface area contributed by atoms with Gasteiger partial charge in [-0.3, -0.25) is 4.79 Å². The lowest BCUT2D eigenvalue weighted by Gasteiger charge is -2.09. The minimum Gasteiger partial charge on any atom is -0.358 e. The zero-order valence-corrected chi connectivity index (χ0v) is 13.5. The predicted molar refractivity (Wildman–Crippen MR) is 91.2 cm³/mol. The van der Waals surface area contributed by atoms with Gasteiger partial charge in [0.05, 0.1) is 6.42 Å². The summed E-state index contributed by atoms with van der Waals surface area (Å²) in [6.45, 7) is 5.85. The van der Waals surface area contributed by atoms with Crippen molar-refractivity contribution in [1.82, 2.24) is 4.98 Å². The molecule has 2 N–H and O–H groups in total. The van der Waals surface area contributed by atoms with Gasteiger partial charge in [-0.05, 0) is 61.7 Å². The number of aromatic amines is 1. The van der Waals surface area contributed by atoms with E-state index in [1.54, 1.807) is 6.07 Å². The number of amides is 1. The number of fused-ring (bicyclic) bond motifs is 1. The van der Waals surface area contributed by atoms with Crippen molar-refractivity contribution in [3.8, 4) is 0 Å². The van der Waals surface area contributed by atoms with Crippen LogP contribution in [0, 0.1) is 26.6 Å². The second kappa shape index (κ2) is 5.88. The fourth-order valence-corrected chi connectivity index (χ4v) is 2.81. The number of hydrogen-bond acceptors (Lipinski definition) is 1. The third-order valence-corrected chi connectivity index (χ3v) is 4.09. The van der Waals surface area contributed by atoms with E-state index >= 15 is 0 Å². The summed E-state index contributed by atoms with van der Waals surface area (Å²) in [7, 11) is 0. The molecule has 3 aromatic rings. The summed E-state index contributed by atoms with van der Waals surface area (Å²) in [5.41, 5.74) is 5.50. The maximum absolute atomic E-state index is 13.5. The number of carbonyl (C=O) groups excluding carboxylic acids is 1. The molecule has 3 rings (SSSR count). The van der Waals surface area contributed by atoms with Crippen LogP contribution in [0.25, 0.3) is 10.9 Å². The number of hydrogen-bond donors (Lipinski definition) is 2. The van der Waals surface area contributed by atoms with Crippen molar-refractivity contribution in [2.75, 3.05) is 5.32 Å². The molecular weight excluding hydrogens is 291 g/mol. The largest absolute Gasteiger partial charge is 0.358 e. The van der Waals surface area contributed by atoms with E-state index in [-0.39, 0.29) is 18.1 Å². The summed E-state index contributed by atoms with van der Waals surface area (Å²) in [6, 6.07) is 10.5. The Hall–Kier alpha value is -2.62. The number of benzene rings is 2. The van der Waals surface area contributed by atoms with Crippen molar-refractivity contribution in [3.05, 3.63) is 64.6 Å². The number of H-pyrrole nitrogens is 1. The standard InChI is InChI=1S/C19H19FN2O/c1-11-4-5-12(2)18(8-11)22-19(23)10-15-13(3)21-17-7-6-14(20)9-16(15)17/h4-9,21H,10H2,1-3H3,(H,22,23). The smallest absolute Gasteiger partial charge is 0.228 e. The fraction of sp³-hybridized carbons (Fsp3) is 0.211. The lowest BCUT2D eigenvalue weighted by molar-refractivity contribution is -0.115. The Morgan fingerprint density at radius 3 is 2.70 bits per heavy atom. The summed E-state index contributed by atoms with van der Waals surface area (Å²) in [6.07, 6.45) is 0.211. The van der Waals surface area contributed by atoms with Gasteiger partial charge < -0.3 is 10.3 Å². The van der Waals surface area contributed by atoms with E-state index in [1.165, 1.54) is 12.1 Å². The molecule has 23 heavy (non-hydrogen) atoms. The highest BCUT2D eigenvalue weighted by molar-refractivity contribution is 5.96. The number of aryl methyl sites for hydroxylation is 3. The van der Waals surface area contributed by atoms with Crippen molar-refractivity contribution in [3.63, 3.8) is 0 Å². The number of halogens is 1. The van der Waals surface area contributed by atoms with E-state index in [2.05, 4.69) is 10.3 Å². The van der Waals surface area contributed by atoms with Gasteiger partial charge in [-0.25, -0.2) is 4.39 Å². The highest BCUT2D eigenvalue weighted by atomic mass is 19.1. The summed E-state index contributed by atoms with van der Waals surface area (Å²) < 4.78 is 13.5. The van der Waals surface area contributed by atoms with Gasteiger partial charge in [0.2, 0.25) is 5.91 Å². The molecule has 0 unspecified atom stereocenters. The first kappa shape index (κ1) is 15.3. The number of anilines is 1. The van der Waals surface area contributed by atoms with E-state index in [0.717, 1.165) is 39.0 Å². The van der Waals surface area contributed by atoms with Crippen molar-refractivity contribution >= 4 is 22.5 Å². The normalized spacial score (nSPS) is 11.0. The first-order valence-corrected chi connectivity index (χ1v) is 7.58. The first-order chi connectivity index (χ1) is 10.9. The van der Waals surface area contributed by atoms with Crippen LogP contribution in [0.4, 0.5) is 10.1 Å². The van der Waals surface area contributed by atoms with Gasteiger partial charge in [0.15, 0.2) is 0 Å². The minimum atomic E-state index is -0.298. The summed E-state index contributed by atoms with van der Waals surface area (Å²) in [5, 5.41) is 3.71. The number of rotatable bonds is 3. The lowest BCUT2D eigenvalue weighted by atomic mass is 10.1. The molecule has 0 aliphatic rings. The Kier molecular flexibility index (Phi) is 3.90. The van der Waals surface area contributed by atoms with Gasteiger partial charge >= 0.3 is 0 Å². The SMILES string of the molecule is Cc1ccc(C)c(NC(=O)Cc2c(C)[nH]c3ccc(F)cc23)c1. The topological polar surface area (TPSA) is 44.9 Å². The van der Waals surface area contributed by atoms with Crippen molar-refractivity contribution in [2.45, 2.75) is 27.2 Å². The molecule has 0 bridgehead atoms. The third kappa shape index (κ3) is 3.11. The van der Waals surface area contributed by atoms with Crippen LogP contribution < -0.4 is 5.32 Å². The van der Waals surface area contributed by atoms with Crippen LogP contribution in [0.2, 0.25) is 0 Å². The predicted octanol–water partition coefficient (Wildman–Crippen LogP) is 4.41. The van der Waals surface area contributed by atoms with E-state index < -0.39 is 0 Å². The van der Waals surface area contributed by atoms with Gasteiger partial charge in [0.1, 0.15) is 5.82 Å². The number of carbonyl (C=O) groups is 1. The first-order valence-electron chi connectivity index (χ1n) is 7.58. The second-order valence-electron chi connectivity index (χ2n) is 5.96. The molecule has 1 aromatic heterocycles. The van der Waals surface area contributed by atoms with Gasteiger partial charge in [-0.1, -0.05) is 12.1 Å². The Morgan fingerprint density at radius 2 is 1.91 bits per heavy atom. The highest BCUT2D eigenvalue weighted by Crippen LogP contribution is 2.24. The molecule has 1 heterocycles. The highest BCUT2D eigenvalue weighted by Gasteiger charge is 2.14. The Morgan fingerprint density at radius 1 is 1.13 bits per heavy atom. The van der Waals surface area contributed by atoms with Crippen LogP contribution in [0.15, 0.2) is 36.4 Å². The Bertz CT molecular complexity index is 896. The molecule has 118 valence electrons. The maximum atomic E-state index is 13.5. The van der Waals surface area contributed by atoms with E-state index in [0.29, 0.717) is 0 Å². The molecule has 0 saturated heterocycles. The zero-order chi connectivity index (χ0) is 16.6. The third-order valence-electron chi connectivity index (χ3n) is 4.09. The Balaban J connectivity index is 1.87. The summed E-state index contributed by atoms with van der Waals surface area (Å²) in [5.74, 6) is -0.403. The van der Waals surface area contributed by atoms with Crippen LogP contribution in [0.5, 0.6) is 0 Å². The average Bonchev–Trinajstić information content (AvgIpc) is 2.79. The Labute approximate surface area is 134 Å². The van der Waals surface area contributed by atoms with Crippen LogP contribution in [-0.2, 0) is 11.2 Å². The van der Waals surface area contributed by atoms with Crippen LogP contribution in [-0.4, -0.2) is 10.9 Å². The molecule has 0 aliphatic carbocycles. The summed E-state index contributed by atoms with van der Waals surface area (Å²) >= 11 is 0. The molecule has 2 aromatic carbocycles. The molecule has 1 amide bonds. The van der Waals surface area contributed by atoms with E-state index in [4.69, 9.17) is 0 Å². The molecule has 0 saturated carbocycles. The molecular formula is C19H19FN2O. The molecule has 0 atom stereocenters. The van der Waals surface area contributed by atoms with Crippen LogP contribution in [0.1, 0.15) is 22.4 Å². The van der Waals surface area contributed by atoms with Crippen LogP contribution in [0.3, 0.4) is 0 Å². The van der Waals surface area contributed by atoms with Gasteiger partial charge in [0, 0.05) is 22.3 Å². The maximum Gasteiger partial charge on any atom is 0.228 e. The minimum absolute atomic E-state index is 0.105. The van der Waals surface area contributed by atoms with Crippen molar-refractivity contribution in [2.24, 2.45) is 0 Å². The number of nitrogens with one attached hydrogen (secondary N) is 2. The van der Waals surface area contributed by atoms with Gasteiger partial charge in [0.25, 0.3) is 0 Å². The second-order valence-corrected chi connectivity index (χ2v) is 5.96. The lowest BCUT2D eigenvalue weighted by Crippen LogP contribution is -2.15. The fourth-order valence-electron chi connectivity index (χ4n) is 2.81. The molecule has 0 radical (unpaired) electrons. The van der Waals surface area contributed by atoms with Gasteiger partial charge in [-0.2, -0.15) is 0 Å². The monoisotopic (exact) mass is 310 g/mol. The van der Waals surface area contributed by atoms with Crippen molar-refractivity contribution < 1.29 is 9.18 Å². The van der Waals surface area contributed by atoms with E-state index in [1.807, 2.05) is 39.0 Å². The molecule has 0 spiro atoms. The van der Waals surface area contributed by atoms with Gasteiger partial charge in [-0.15, -0.1) is 0 Å². The summed E-state index contributed by atoms with van der Waals surface area (Å²) in [4.78, 5) is 15.6.